The predicted molar refractivity (Wildman–Crippen MR) is 89.9 cm³/mol. The normalized spacial score (nSPS) is 12.4. The van der Waals surface area contributed by atoms with Gasteiger partial charge in [0.15, 0.2) is 0 Å². The van der Waals surface area contributed by atoms with Gasteiger partial charge in [0.05, 0.1) is 0 Å². The Morgan fingerprint density at radius 2 is 1.50 bits per heavy atom. The van der Waals surface area contributed by atoms with Gasteiger partial charge in [0.25, 0.3) is 0 Å². The van der Waals surface area contributed by atoms with E-state index in [2.05, 4.69) is 54.6 Å². The highest BCUT2D eigenvalue weighted by molar-refractivity contribution is 5.84. The molecule has 0 N–H and O–H groups in total. The first-order valence-electron chi connectivity index (χ1n) is 7.59. The quantitative estimate of drug-likeness (QED) is 0.386. The molecule has 104 valence electrons. The Hall–Kier alpha value is -2.80. The Morgan fingerprint density at radius 3 is 2.45 bits per heavy atom. The lowest BCUT2D eigenvalue weighted by molar-refractivity contribution is 0.631. The van der Waals surface area contributed by atoms with E-state index in [1.54, 1.807) is 0 Å². The largest absolute Gasteiger partial charge is 0.456 e. The van der Waals surface area contributed by atoms with E-state index in [0.717, 1.165) is 28.7 Å². The maximum absolute atomic E-state index is 5.99. The number of rotatable bonds is 1. The van der Waals surface area contributed by atoms with Gasteiger partial charge < -0.3 is 4.42 Å². The number of para-hydroxylation sites is 1. The van der Waals surface area contributed by atoms with Crippen LogP contribution < -0.4 is 0 Å². The Bertz CT molecular complexity index is 974. The monoisotopic (exact) mass is 282 g/mol. The first-order chi connectivity index (χ1) is 10.9. The molecular weight excluding hydrogens is 268 g/mol. The topological polar surface area (TPSA) is 13.1 Å². The summed E-state index contributed by atoms with van der Waals surface area (Å²) in [4.78, 5) is 0. The van der Waals surface area contributed by atoms with Crippen molar-refractivity contribution in [2.24, 2.45) is 0 Å². The van der Waals surface area contributed by atoms with Gasteiger partial charge in [-0.2, -0.15) is 0 Å². The molecule has 0 saturated heterocycles. The van der Waals surface area contributed by atoms with E-state index in [1.807, 2.05) is 18.2 Å². The fraction of sp³-hybridized carbons (Fsp3) is 0.0476. The number of furan rings is 1. The molecule has 0 bridgehead atoms. The minimum atomic E-state index is 0.944. The van der Waals surface area contributed by atoms with Crippen LogP contribution in [0.4, 0.5) is 0 Å². The van der Waals surface area contributed by atoms with Crippen LogP contribution in [0.5, 0.6) is 0 Å². The van der Waals surface area contributed by atoms with Gasteiger partial charge in [0, 0.05) is 10.9 Å². The summed E-state index contributed by atoms with van der Waals surface area (Å²) >= 11 is 0. The van der Waals surface area contributed by atoms with E-state index in [-0.39, 0.29) is 0 Å². The summed E-state index contributed by atoms with van der Waals surface area (Å²) < 4.78 is 5.99. The third kappa shape index (κ3) is 1.66. The summed E-state index contributed by atoms with van der Waals surface area (Å²) in [5, 5.41) is 1.15. The van der Waals surface area contributed by atoms with Crippen LogP contribution in [0.2, 0.25) is 0 Å². The minimum absolute atomic E-state index is 0.944. The van der Waals surface area contributed by atoms with Gasteiger partial charge in [-0.3, -0.25) is 0 Å². The molecule has 1 nitrogen and oxygen atoms in total. The van der Waals surface area contributed by atoms with Gasteiger partial charge in [0.2, 0.25) is 0 Å². The standard InChI is InChI=1S/C21H14O/c1-3-7-18-14(5-1)11-17-12-16(9-10-19(17)18)21-13-15-6-2-4-8-20(15)22-21/h1-10,12-13H,11H2. The lowest BCUT2D eigenvalue weighted by Gasteiger charge is -2.03. The molecule has 1 heterocycles. The fourth-order valence-corrected chi connectivity index (χ4v) is 3.42. The molecule has 22 heavy (non-hydrogen) atoms. The average molecular weight is 282 g/mol. The third-order valence-corrected chi connectivity index (χ3v) is 4.50. The van der Waals surface area contributed by atoms with Gasteiger partial charge >= 0.3 is 0 Å². The van der Waals surface area contributed by atoms with Crippen molar-refractivity contribution >= 4 is 11.0 Å². The van der Waals surface area contributed by atoms with Crippen molar-refractivity contribution in [3.8, 4) is 22.5 Å². The zero-order valence-corrected chi connectivity index (χ0v) is 12.0. The smallest absolute Gasteiger partial charge is 0.135 e. The molecule has 0 spiro atoms. The van der Waals surface area contributed by atoms with E-state index >= 15 is 0 Å². The summed E-state index contributed by atoms with van der Waals surface area (Å²) in [6.07, 6.45) is 1.01. The summed E-state index contributed by atoms with van der Waals surface area (Å²) in [6.45, 7) is 0. The van der Waals surface area contributed by atoms with E-state index < -0.39 is 0 Å². The molecular formula is C21H14O. The molecule has 3 aromatic carbocycles. The van der Waals surface area contributed by atoms with Gasteiger partial charge in [-0.1, -0.05) is 54.6 Å². The van der Waals surface area contributed by atoms with Crippen molar-refractivity contribution in [2.75, 3.05) is 0 Å². The molecule has 1 aliphatic carbocycles. The first-order valence-corrected chi connectivity index (χ1v) is 7.59. The van der Waals surface area contributed by atoms with Gasteiger partial charge in [-0.05, 0) is 46.9 Å². The first kappa shape index (κ1) is 11.8. The molecule has 5 rings (SSSR count). The maximum atomic E-state index is 5.99. The zero-order valence-electron chi connectivity index (χ0n) is 12.0. The van der Waals surface area contributed by atoms with Crippen molar-refractivity contribution < 1.29 is 4.42 Å². The van der Waals surface area contributed by atoms with Crippen LogP contribution >= 0.6 is 0 Å². The highest BCUT2D eigenvalue weighted by atomic mass is 16.3. The van der Waals surface area contributed by atoms with Crippen molar-refractivity contribution in [3.63, 3.8) is 0 Å². The SMILES string of the molecule is c1ccc2c(c1)Cc1cc(-c3cc4ccccc4o3)ccc1-2. The van der Waals surface area contributed by atoms with Crippen molar-refractivity contribution in [2.45, 2.75) is 6.42 Å². The highest BCUT2D eigenvalue weighted by Gasteiger charge is 2.18. The summed E-state index contributed by atoms with van der Waals surface area (Å²) in [5.74, 6) is 0.944. The molecule has 1 heteroatoms. The van der Waals surface area contributed by atoms with Crippen LogP contribution in [0.3, 0.4) is 0 Å². The lowest BCUT2D eigenvalue weighted by Crippen LogP contribution is -1.82. The number of hydrogen-bond acceptors (Lipinski definition) is 1. The maximum Gasteiger partial charge on any atom is 0.135 e. The van der Waals surface area contributed by atoms with E-state index in [1.165, 1.54) is 22.3 Å². The molecule has 0 fully saturated rings. The minimum Gasteiger partial charge on any atom is -0.456 e. The Morgan fingerprint density at radius 1 is 0.682 bits per heavy atom. The molecule has 1 aliphatic rings. The van der Waals surface area contributed by atoms with Crippen LogP contribution in [0.25, 0.3) is 33.4 Å². The molecule has 4 aromatic rings. The molecule has 0 atom stereocenters. The van der Waals surface area contributed by atoms with Crippen LogP contribution in [-0.2, 0) is 6.42 Å². The number of fused-ring (bicyclic) bond motifs is 4. The number of benzene rings is 3. The van der Waals surface area contributed by atoms with E-state index in [4.69, 9.17) is 4.42 Å². The van der Waals surface area contributed by atoms with Crippen molar-refractivity contribution in [3.05, 3.63) is 83.9 Å². The summed E-state index contributed by atoms with van der Waals surface area (Å²) in [6, 6.07) is 25.6. The van der Waals surface area contributed by atoms with Gasteiger partial charge in [0.1, 0.15) is 11.3 Å². The average Bonchev–Trinajstić information content (AvgIpc) is 3.15. The molecule has 1 aromatic heterocycles. The molecule has 0 unspecified atom stereocenters. The summed E-state index contributed by atoms with van der Waals surface area (Å²) in [5.41, 5.74) is 7.63. The molecule has 0 saturated carbocycles. The third-order valence-electron chi connectivity index (χ3n) is 4.50. The molecule has 0 radical (unpaired) electrons. The predicted octanol–water partition coefficient (Wildman–Crippen LogP) is 5.67. The van der Waals surface area contributed by atoms with E-state index in [9.17, 15) is 0 Å². The second-order valence-electron chi connectivity index (χ2n) is 5.85. The Balaban J connectivity index is 1.64. The Labute approximate surface area is 128 Å². The second-order valence-corrected chi connectivity index (χ2v) is 5.85. The van der Waals surface area contributed by atoms with Crippen molar-refractivity contribution in [1.29, 1.82) is 0 Å². The van der Waals surface area contributed by atoms with E-state index in [0.29, 0.717) is 0 Å². The molecule has 0 aliphatic heterocycles. The van der Waals surface area contributed by atoms with Crippen molar-refractivity contribution in [1.82, 2.24) is 0 Å². The lowest BCUT2D eigenvalue weighted by atomic mass is 10.0. The fourth-order valence-electron chi connectivity index (χ4n) is 3.42. The highest BCUT2D eigenvalue weighted by Crippen LogP contribution is 2.39. The van der Waals surface area contributed by atoms with Gasteiger partial charge in [-0.25, -0.2) is 0 Å². The van der Waals surface area contributed by atoms with Crippen LogP contribution in [0.1, 0.15) is 11.1 Å². The van der Waals surface area contributed by atoms with Crippen LogP contribution in [0, 0.1) is 0 Å². The van der Waals surface area contributed by atoms with Crippen LogP contribution in [-0.4, -0.2) is 0 Å². The second kappa shape index (κ2) is 4.35. The Kier molecular flexibility index (Phi) is 2.33. The number of hydrogen-bond donors (Lipinski definition) is 0. The molecule has 0 amide bonds. The zero-order chi connectivity index (χ0) is 14.5. The van der Waals surface area contributed by atoms with Gasteiger partial charge in [-0.15, -0.1) is 0 Å². The van der Waals surface area contributed by atoms with Crippen LogP contribution in [0.15, 0.2) is 77.2 Å². The summed E-state index contributed by atoms with van der Waals surface area (Å²) in [7, 11) is 0.